The molecule has 33 heavy (non-hydrogen) atoms. The average molecular weight is 476 g/mol. The van der Waals surface area contributed by atoms with E-state index in [1.54, 1.807) is 48.5 Å². The maximum atomic E-state index is 13.0. The van der Waals surface area contributed by atoms with E-state index < -0.39 is 22.0 Å². The number of ether oxygens (including phenoxy) is 2. The van der Waals surface area contributed by atoms with Crippen LogP contribution in [0, 0.1) is 0 Å². The van der Waals surface area contributed by atoms with Crippen molar-refractivity contribution >= 4 is 33.2 Å². The standard InChI is InChI=1S/C23H29N3O6S/c1-16(26(33(3,29)30)17-10-12-18(31-2)13-11-17)22(27)25-21-9-5-4-8-20(21)23(28)24-15-19-7-6-14-32-19/h4-5,8-13,16,19H,6-7,14-15H2,1-3H3,(H,24,28)(H,25,27)/t16-,19+/m1/s1. The van der Waals surface area contributed by atoms with Crippen LogP contribution in [0.3, 0.4) is 0 Å². The van der Waals surface area contributed by atoms with Crippen LogP contribution in [0.2, 0.25) is 0 Å². The molecule has 1 saturated heterocycles. The zero-order valence-corrected chi connectivity index (χ0v) is 19.7. The van der Waals surface area contributed by atoms with Crippen LogP contribution in [0.5, 0.6) is 5.75 Å². The van der Waals surface area contributed by atoms with E-state index in [-0.39, 0.29) is 17.6 Å². The van der Waals surface area contributed by atoms with E-state index in [0.717, 1.165) is 23.4 Å². The van der Waals surface area contributed by atoms with Crippen LogP contribution in [0.25, 0.3) is 0 Å². The summed E-state index contributed by atoms with van der Waals surface area (Å²) in [5.41, 5.74) is 0.900. The highest BCUT2D eigenvalue weighted by atomic mass is 32.2. The first-order chi connectivity index (χ1) is 15.7. The van der Waals surface area contributed by atoms with Crippen LogP contribution in [0.1, 0.15) is 30.1 Å². The fraction of sp³-hybridized carbons (Fsp3) is 0.391. The Morgan fingerprint density at radius 2 is 1.88 bits per heavy atom. The van der Waals surface area contributed by atoms with Gasteiger partial charge in [-0.2, -0.15) is 0 Å². The Labute approximate surface area is 194 Å². The lowest BCUT2D eigenvalue weighted by Crippen LogP contribution is -2.45. The van der Waals surface area contributed by atoms with Gasteiger partial charge < -0.3 is 20.1 Å². The zero-order chi connectivity index (χ0) is 24.0. The summed E-state index contributed by atoms with van der Waals surface area (Å²) in [4.78, 5) is 25.8. The van der Waals surface area contributed by atoms with Gasteiger partial charge in [0.1, 0.15) is 11.8 Å². The van der Waals surface area contributed by atoms with Crippen LogP contribution in [-0.2, 0) is 19.6 Å². The van der Waals surface area contributed by atoms with E-state index in [0.29, 0.717) is 30.3 Å². The van der Waals surface area contributed by atoms with Crippen molar-refractivity contribution in [3.05, 3.63) is 54.1 Å². The van der Waals surface area contributed by atoms with Crippen LogP contribution in [0.15, 0.2) is 48.5 Å². The fourth-order valence-electron chi connectivity index (χ4n) is 3.67. The summed E-state index contributed by atoms with van der Waals surface area (Å²) < 4.78 is 36.7. The normalized spacial score (nSPS) is 16.6. The van der Waals surface area contributed by atoms with Crippen LogP contribution in [-0.4, -0.2) is 58.9 Å². The molecule has 0 bridgehead atoms. The van der Waals surface area contributed by atoms with Crippen molar-refractivity contribution in [3.63, 3.8) is 0 Å². The third-order valence-electron chi connectivity index (χ3n) is 5.36. The lowest BCUT2D eigenvalue weighted by molar-refractivity contribution is -0.116. The number of para-hydroxylation sites is 1. The van der Waals surface area contributed by atoms with Gasteiger partial charge in [0.05, 0.1) is 36.4 Å². The third kappa shape index (κ3) is 6.23. The number of hydrogen-bond acceptors (Lipinski definition) is 6. The van der Waals surface area contributed by atoms with E-state index in [9.17, 15) is 18.0 Å². The number of hydrogen-bond donors (Lipinski definition) is 2. The van der Waals surface area contributed by atoms with Gasteiger partial charge in [-0.05, 0) is 56.2 Å². The number of nitrogens with one attached hydrogen (secondary N) is 2. The summed E-state index contributed by atoms with van der Waals surface area (Å²) >= 11 is 0. The second-order valence-electron chi connectivity index (χ2n) is 7.81. The molecule has 1 heterocycles. The number of carbonyl (C=O) groups excluding carboxylic acids is 2. The van der Waals surface area contributed by atoms with Gasteiger partial charge in [0, 0.05) is 13.2 Å². The number of sulfonamides is 1. The fourth-order valence-corrected chi connectivity index (χ4v) is 4.85. The van der Waals surface area contributed by atoms with E-state index in [4.69, 9.17) is 9.47 Å². The molecule has 2 aromatic rings. The Hall–Kier alpha value is -3.11. The Kier molecular flexibility index (Phi) is 7.93. The first-order valence-electron chi connectivity index (χ1n) is 10.6. The maximum absolute atomic E-state index is 13.0. The first-order valence-corrected chi connectivity index (χ1v) is 12.5. The molecule has 9 nitrogen and oxygen atoms in total. The van der Waals surface area contributed by atoms with Gasteiger partial charge in [-0.15, -0.1) is 0 Å². The molecule has 0 saturated carbocycles. The monoisotopic (exact) mass is 475 g/mol. The predicted octanol–water partition coefficient (Wildman–Crippen LogP) is 2.40. The minimum absolute atomic E-state index is 0.0106. The molecule has 0 aliphatic carbocycles. The summed E-state index contributed by atoms with van der Waals surface area (Å²) in [6, 6.07) is 11.9. The predicted molar refractivity (Wildman–Crippen MR) is 126 cm³/mol. The topological polar surface area (TPSA) is 114 Å². The van der Waals surface area contributed by atoms with E-state index >= 15 is 0 Å². The summed E-state index contributed by atoms with van der Waals surface area (Å²) in [5.74, 6) is -0.355. The highest BCUT2D eigenvalue weighted by Crippen LogP contribution is 2.25. The van der Waals surface area contributed by atoms with Crippen LogP contribution < -0.4 is 19.7 Å². The lowest BCUT2D eigenvalue weighted by atomic mass is 10.1. The van der Waals surface area contributed by atoms with E-state index in [1.165, 1.54) is 14.0 Å². The van der Waals surface area contributed by atoms with Gasteiger partial charge in [-0.25, -0.2) is 8.42 Å². The number of rotatable bonds is 9. The highest BCUT2D eigenvalue weighted by molar-refractivity contribution is 7.92. The SMILES string of the molecule is COc1ccc(N([C@H](C)C(=O)Nc2ccccc2C(=O)NC[C@@H]2CCCO2)S(C)(=O)=O)cc1. The molecule has 2 amide bonds. The maximum Gasteiger partial charge on any atom is 0.253 e. The summed E-state index contributed by atoms with van der Waals surface area (Å²) in [7, 11) is -2.27. The largest absolute Gasteiger partial charge is 0.497 e. The molecule has 3 rings (SSSR count). The van der Waals surface area contributed by atoms with Crippen molar-refractivity contribution in [2.24, 2.45) is 0 Å². The van der Waals surface area contributed by atoms with Crippen molar-refractivity contribution in [3.8, 4) is 5.75 Å². The zero-order valence-electron chi connectivity index (χ0n) is 18.9. The molecule has 178 valence electrons. The smallest absolute Gasteiger partial charge is 0.253 e. The summed E-state index contributed by atoms with van der Waals surface area (Å²) in [5, 5.41) is 5.54. The van der Waals surface area contributed by atoms with Gasteiger partial charge in [-0.3, -0.25) is 13.9 Å². The minimum Gasteiger partial charge on any atom is -0.497 e. The number of amides is 2. The number of nitrogens with zero attached hydrogens (tertiary/aromatic N) is 1. The Morgan fingerprint density at radius 3 is 2.48 bits per heavy atom. The van der Waals surface area contributed by atoms with Crippen LogP contribution in [0.4, 0.5) is 11.4 Å². The van der Waals surface area contributed by atoms with Gasteiger partial charge in [0.15, 0.2) is 0 Å². The molecular formula is C23H29N3O6S. The van der Waals surface area contributed by atoms with Crippen LogP contribution >= 0.6 is 0 Å². The van der Waals surface area contributed by atoms with Crippen molar-refractivity contribution < 1.29 is 27.5 Å². The number of carbonyl (C=O) groups is 2. The quantitative estimate of drug-likeness (QED) is 0.576. The summed E-state index contributed by atoms with van der Waals surface area (Å²) in [6.45, 7) is 2.56. The molecule has 2 atom stereocenters. The second kappa shape index (κ2) is 10.7. The Bertz CT molecular complexity index is 1080. The number of anilines is 2. The molecule has 1 aliphatic heterocycles. The van der Waals surface area contributed by atoms with Crippen molar-refractivity contribution in [1.82, 2.24) is 5.32 Å². The Morgan fingerprint density at radius 1 is 1.18 bits per heavy atom. The van der Waals surface area contributed by atoms with Crippen molar-refractivity contribution in [1.29, 1.82) is 0 Å². The molecule has 1 fully saturated rings. The van der Waals surface area contributed by atoms with Gasteiger partial charge in [0.2, 0.25) is 15.9 Å². The molecule has 10 heteroatoms. The molecule has 0 aromatic heterocycles. The van der Waals surface area contributed by atoms with Crippen molar-refractivity contribution in [2.75, 3.05) is 36.1 Å². The van der Waals surface area contributed by atoms with Crippen molar-refractivity contribution in [2.45, 2.75) is 31.9 Å². The highest BCUT2D eigenvalue weighted by Gasteiger charge is 2.30. The molecule has 1 aliphatic rings. The Balaban J connectivity index is 1.76. The summed E-state index contributed by atoms with van der Waals surface area (Å²) in [6.07, 6.45) is 2.88. The first kappa shape index (κ1) is 24.5. The average Bonchev–Trinajstić information content (AvgIpc) is 3.31. The van der Waals surface area contributed by atoms with Gasteiger partial charge in [-0.1, -0.05) is 12.1 Å². The second-order valence-corrected chi connectivity index (χ2v) is 9.67. The van der Waals surface area contributed by atoms with Gasteiger partial charge >= 0.3 is 0 Å². The lowest BCUT2D eigenvalue weighted by Gasteiger charge is -2.28. The molecule has 2 N–H and O–H groups in total. The molecule has 0 unspecified atom stereocenters. The number of benzene rings is 2. The van der Waals surface area contributed by atoms with Gasteiger partial charge in [0.25, 0.3) is 5.91 Å². The van der Waals surface area contributed by atoms with E-state index in [2.05, 4.69) is 10.6 Å². The molecule has 2 aromatic carbocycles. The molecular weight excluding hydrogens is 446 g/mol. The third-order valence-corrected chi connectivity index (χ3v) is 6.60. The minimum atomic E-state index is -3.78. The molecule has 0 spiro atoms. The molecule has 0 radical (unpaired) electrons. The van der Waals surface area contributed by atoms with E-state index in [1.807, 2.05) is 0 Å². The number of methoxy groups -OCH3 is 1.